The number of aromatic nitrogens is 2. The number of nitrogens with zero attached hydrogens (tertiary/aromatic N) is 2. The summed E-state index contributed by atoms with van der Waals surface area (Å²) in [5, 5.41) is 12.5. The Bertz CT molecular complexity index is 3090. The molecule has 2 nitrogen and oxygen atoms in total. The van der Waals surface area contributed by atoms with Crippen LogP contribution in [0.4, 0.5) is 0 Å². The highest BCUT2D eigenvalue weighted by Crippen LogP contribution is 2.47. The second-order valence-corrected chi connectivity index (χ2v) is 13.1. The zero-order chi connectivity index (χ0) is 32.1. The van der Waals surface area contributed by atoms with Gasteiger partial charge in [0.2, 0.25) is 0 Å². The first-order chi connectivity index (χ1) is 24.3. The van der Waals surface area contributed by atoms with Gasteiger partial charge in [-0.25, -0.2) is 0 Å². The normalized spacial score (nSPS) is 12.1. The van der Waals surface area contributed by atoms with Crippen LogP contribution in [0.3, 0.4) is 0 Å². The van der Waals surface area contributed by atoms with Crippen LogP contribution in [0.2, 0.25) is 0 Å². The van der Waals surface area contributed by atoms with Gasteiger partial charge in [0.05, 0.1) is 16.6 Å². The maximum absolute atomic E-state index is 4.74. The van der Waals surface area contributed by atoms with Crippen LogP contribution in [0.5, 0.6) is 0 Å². The van der Waals surface area contributed by atoms with Crippen molar-refractivity contribution in [2.75, 3.05) is 0 Å². The van der Waals surface area contributed by atoms with Crippen molar-refractivity contribution in [3.63, 3.8) is 0 Å². The van der Waals surface area contributed by atoms with Gasteiger partial charge in [-0.3, -0.25) is 4.98 Å². The summed E-state index contributed by atoms with van der Waals surface area (Å²) >= 11 is 0. The van der Waals surface area contributed by atoms with E-state index in [1.54, 1.807) is 0 Å². The third-order valence-corrected chi connectivity index (χ3v) is 10.6. The summed E-state index contributed by atoms with van der Waals surface area (Å²) in [6.45, 7) is 0. The molecule has 8 aromatic carbocycles. The van der Waals surface area contributed by atoms with Crippen molar-refractivity contribution < 1.29 is 0 Å². The van der Waals surface area contributed by atoms with Crippen LogP contribution in [-0.4, -0.2) is 9.38 Å². The van der Waals surface area contributed by atoms with Crippen molar-refractivity contribution >= 4 is 70.4 Å². The number of hydrogen-bond donors (Lipinski definition) is 0. The summed E-state index contributed by atoms with van der Waals surface area (Å²) in [6, 6.07) is 57.9. The minimum atomic E-state index is 1.14. The lowest BCUT2D eigenvalue weighted by atomic mass is 9.84. The van der Waals surface area contributed by atoms with Crippen molar-refractivity contribution in [1.82, 2.24) is 9.38 Å². The molecule has 0 saturated carbocycles. The second kappa shape index (κ2) is 10.00. The largest absolute Gasteiger partial charge is 0.308 e. The molecule has 0 amide bonds. The fourth-order valence-electron chi connectivity index (χ4n) is 8.49. The van der Waals surface area contributed by atoms with Gasteiger partial charge in [-0.15, -0.1) is 0 Å². The molecule has 0 radical (unpaired) electrons. The van der Waals surface area contributed by atoms with E-state index < -0.39 is 0 Å². The van der Waals surface area contributed by atoms with Crippen molar-refractivity contribution in [2.24, 2.45) is 0 Å². The molecule has 11 rings (SSSR count). The van der Waals surface area contributed by atoms with E-state index in [2.05, 4.69) is 162 Å². The predicted octanol–water partition coefficient (Wildman–Crippen LogP) is 12.7. The highest BCUT2D eigenvalue weighted by molar-refractivity contribution is 6.26. The Kier molecular flexibility index (Phi) is 5.42. The molecule has 0 atom stereocenters. The Morgan fingerprint density at radius 1 is 0.347 bits per heavy atom. The molecular weight excluding hydrogens is 593 g/mol. The molecule has 0 fully saturated rings. The molecule has 49 heavy (non-hydrogen) atoms. The van der Waals surface area contributed by atoms with E-state index in [1.807, 2.05) is 12.4 Å². The Morgan fingerprint density at radius 2 is 0.959 bits per heavy atom. The predicted molar refractivity (Wildman–Crippen MR) is 208 cm³/mol. The summed E-state index contributed by atoms with van der Waals surface area (Å²) in [5.41, 5.74) is 11.1. The highest BCUT2D eigenvalue weighted by Gasteiger charge is 2.21. The molecule has 0 spiro atoms. The van der Waals surface area contributed by atoms with Gasteiger partial charge in [-0.2, -0.15) is 0 Å². The molecule has 226 valence electrons. The quantitative estimate of drug-likeness (QED) is 0.180. The van der Waals surface area contributed by atoms with E-state index in [0.717, 1.165) is 10.9 Å². The molecule has 11 aromatic rings. The Morgan fingerprint density at radius 3 is 1.80 bits per heavy atom. The third-order valence-electron chi connectivity index (χ3n) is 10.6. The topological polar surface area (TPSA) is 17.3 Å². The van der Waals surface area contributed by atoms with Crippen molar-refractivity contribution in [1.29, 1.82) is 0 Å². The van der Waals surface area contributed by atoms with Crippen LogP contribution in [-0.2, 0) is 0 Å². The van der Waals surface area contributed by atoms with E-state index in [1.165, 1.54) is 92.8 Å². The lowest BCUT2D eigenvalue weighted by Crippen LogP contribution is -1.93. The van der Waals surface area contributed by atoms with Crippen LogP contribution < -0.4 is 0 Å². The number of fused-ring (bicyclic) bond motifs is 9. The highest BCUT2D eigenvalue weighted by atomic mass is 14.9. The van der Waals surface area contributed by atoms with Crippen molar-refractivity contribution in [3.8, 4) is 33.4 Å². The van der Waals surface area contributed by atoms with Crippen LogP contribution in [0.1, 0.15) is 0 Å². The van der Waals surface area contributed by atoms with E-state index in [9.17, 15) is 0 Å². The molecule has 0 aliphatic rings. The molecule has 0 unspecified atom stereocenters. The Labute approximate surface area is 282 Å². The van der Waals surface area contributed by atoms with E-state index in [-0.39, 0.29) is 0 Å². The van der Waals surface area contributed by atoms with E-state index in [0.29, 0.717) is 0 Å². The Hall–Kier alpha value is -6.51. The van der Waals surface area contributed by atoms with Crippen LogP contribution >= 0.6 is 0 Å². The van der Waals surface area contributed by atoms with Gasteiger partial charge >= 0.3 is 0 Å². The van der Waals surface area contributed by atoms with Crippen LogP contribution in [0, 0.1) is 0 Å². The van der Waals surface area contributed by atoms with Gasteiger partial charge in [0.15, 0.2) is 0 Å². The average molecular weight is 621 g/mol. The molecule has 0 aliphatic carbocycles. The van der Waals surface area contributed by atoms with Gasteiger partial charge in [0.1, 0.15) is 0 Å². The molecule has 3 aromatic heterocycles. The molecule has 0 saturated heterocycles. The lowest BCUT2D eigenvalue weighted by molar-refractivity contribution is 1.37. The van der Waals surface area contributed by atoms with E-state index in [4.69, 9.17) is 4.98 Å². The summed E-state index contributed by atoms with van der Waals surface area (Å²) in [7, 11) is 0. The average Bonchev–Trinajstić information content (AvgIpc) is 3.69. The SMILES string of the molecule is c1ccc(-c2ccc3c(-c4cncc5ccccc45)c4ccccc4c(-c4ccc5c6cccc7c8ccccc8n(c5c4)c76)c3c2)cc1. The third kappa shape index (κ3) is 3.69. The maximum atomic E-state index is 4.74. The molecule has 0 aliphatic heterocycles. The van der Waals surface area contributed by atoms with Crippen molar-refractivity contribution in [3.05, 3.63) is 170 Å². The van der Waals surface area contributed by atoms with Crippen LogP contribution in [0.25, 0.3) is 104 Å². The lowest BCUT2D eigenvalue weighted by Gasteiger charge is -2.19. The van der Waals surface area contributed by atoms with Gasteiger partial charge in [-0.1, -0.05) is 140 Å². The molecule has 0 N–H and O–H groups in total. The first-order valence-electron chi connectivity index (χ1n) is 16.9. The number of rotatable bonds is 3. The number of benzene rings is 8. The van der Waals surface area contributed by atoms with Gasteiger partial charge < -0.3 is 4.40 Å². The minimum absolute atomic E-state index is 1.14. The molecule has 2 heteroatoms. The smallest absolute Gasteiger partial charge is 0.0620 e. The van der Waals surface area contributed by atoms with Crippen LogP contribution in [0.15, 0.2) is 170 Å². The first-order valence-corrected chi connectivity index (χ1v) is 16.9. The summed E-state index contributed by atoms with van der Waals surface area (Å²) in [4.78, 5) is 4.74. The van der Waals surface area contributed by atoms with Gasteiger partial charge in [-0.05, 0) is 72.9 Å². The fraction of sp³-hybridized carbons (Fsp3) is 0. The van der Waals surface area contributed by atoms with Gasteiger partial charge in [0, 0.05) is 44.9 Å². The molecule has 3 heterocycles. The second-order valence-electron chi connectivity index (χ2n) is 13.1. The Balaban J connectivity index is 1.30. The standard InChI is InChI=1S/C47H28N2/c1-2-11-29(12-3-1)30-21-24-38-41(25-30)45(36-16-6-7-17-37(36)46(38)42-28-48-27-32-13-4-5-14-33(32)42)31-22-23-35-40-19-10-18-39-34-15-8-9-20-43(34)49(47(39)40)44(35)26-31/h1-28H. The van der Waals surface area contributed by atoms with E-state index >= 15 is 0 Å². The summed E-state index contributed by atoms with van der Waals surface area (Å²) in [5.74, 6) is 0. The number of hydrogen-bond acceptors (Lipinski definition) is 1. The van der Waals surface area contributed by atoms with Crippen molar-refractivity contribution in [2.45, 2.75) is 0 Å². The summed E-state index contributed by atoms with van der Waals surface area (Å²) < 4.78 is 2.48. The maximum Gasteiger partial charge on any atom is 0.0620 e. The minimum Gasteiger partial charge on any atom is -0.308 e. The van der Waals surface area contributed by atoms with Gasteiger partial charge in [0.25, 0.3) is 0 Å². The number of pyridine rings is 1. The zero-order valence-corrected chi connectivity index (χ0v) is 26.6. The monoisotopic (exact) mass is 620 g/mol. The molecular formula is C47H28N2. The zero-order valence-electron chi connectivity index (χ0n) is 26.6. The molecule has 0 bridgehead atoms. The fourth-order valence-corrected chi connectivity index (χ4v) is 8.49. The first kappa shape index (κ1) is 26.5. The number of para-hydroxylation sites is 2. The summed E-state index contributed by atoms with van der Waals surface area (Å²) in [6.07, 6.45) is 4.01.